The van der Waals surface area contributed by atoms with Gasteiger partial charge in [0.15, 0.2) is 5.67 Å². The number of benzene rings is 1. The maximum Gasteiger partial charge on any atom is 0.152 e. The molecule has 2 unspecified atom stereocenters. The Morgan fingerprint density at radius 2 is 2.17 bits per heavy atom. The highest BCUT2D eigenvalue weighted by molar-refractivity contribution is 5.32. The molecule has 0 aliphatic heterocycles. The van der Waals surface area contributed by atoms with Gasteiger partial charge in [0, 0.05) is 12.5 Å². The molecule has 0 saturated heterocycles. The third-order valence-corrected chi connectivity index (χ3v) is 2.25. The summed E-state index contributed by atoms with van der Waals surface area (Å²) in [6, 6.07) is 5.10. The van der Waals surface area contributed by atoms with E-state index in [1.54, 1.807) is 6.07 Å². The SMILES string of the molecule is NC1CC1(F)c1cccc(F)c1. The molecule has 0 aromatic heterocycles. The van der Waals surface area contributed by atoms with Gasteiger partial charge in [-0.25, -0.2) is 8.78 Å². The van der Waals surface area contributed by atoms with Crippen LogP contribution < -0.4 is 5.73 Å². The Morgan fingerprint density at radius 1 is 1.50 bits per heavy atom. The Balaban J connectivity index is 2.36. The number of hydrogen-bond acceptors (Lipinski definition) is 1. The number of hydrogen-bond donors (Lipinski definition) is 1. The smallest absolute Gasteiger partial charge is 0.152 e. The van der Waals surface area contributed by atoms with Crippen molar-refractivity contribution in [3.8, 4) is 0 Å². The lowest BCUT2D eigenvalue weighted by atomic mass is 10.1. The van der Waals surface area contributed by atoms with Crippen molar-refractivity contribution < 1.29 is 8.78 Å². The summed E-state index contributed by atoms with van der Waals surface area (Å²) in [5.41, 5.74) is 4.27. The third kappa shape index (κ3) is 1.01. The molecule has 0 spiro atoms. The fourth-order valence-corrected chi connectivity index (χ4v) is 1.34. The summed E-state index contributed by atoms with van der Waals surface area (Å²) in [6.07, 6.45) is 0.302. The van der Waals surface area contributed by atoms with Crippen LogP contribution in [0.1, 0.15) is 12.0 Å². The zero-order chi connectivity index (χ0) is 8.77. The first-order valence-corrected chi connectivity index (χ1v) is 3.83. The lowest BCUT2D eigenvalue weighted by Gasteiger charge is -2.05. The molecular formula is C9H9F2N. The Kier molecular flexibility index (Phi) is 1.45. The van der Waals surface area contributed by atoms with E-state index in [9.17, 15) is 8.78 Å². The summed E-state index contributed by atoms with van der Waals surface area (Å²) in [5, 5.41) is 0. The van der Waals surface area contributed by atoms with Gasteiger partial charge in [-0.2, -0.15) is 0 Å². The van der Waals surface area contributed by atoms with E-state index in [4.69, 9.17) is 5.73 Å². The first-order valence-electron chi connectivity index (χ1n) is 3.83. The molecule has 1 aliphatic rings. The second kappa shape index (κ2) is 2.26. The quantitative estimate of drug-likeness (QED) is 0.680. The van der Waals surface area contributed by atoms with Gasteiger partial charge in [0.2, 0.25) is 0 Å². The zero-order valence-electron chi connectivity index (χ0n) is 6.43. The van der Waals surface area contributed by atoms with E-state index in [0.717, 1.165) is 0 Å². The molecule has 12 heavy (non-hydrogen) atoms. The minimum Gasteiger partial charge on any atom is -0.325 e. The average molecular weight is 169 g/mol. The standard InChI is InChI=1S/C9H9F2N/c10-7-3-1-2-6(4-7)9(11)5-8(9)12/h1-4,8H,5,12H2. The molecule has 0 heterocycles. The molecule has 2 N–H and O–H groups in total. The van der Waals surface area contributed by atoms with Crippen molar-refractivity contribution >= 4 is 0 Å². The van der Waals surface area contributed by atoms with E-state index >= 15 is 0 Å². The van der Waals surface area contributed by atoms with Gasteiger partial charge in [-0.3, -0.25) is 0 Å². The van der Waals surface area contributed by atoms with Crippen molar-refractivity contribution in [1.29, 1.82) is 0 Å². The fraction of sp³-hybridized carbons (Fsp3) is 0.333. The first kappa shape index (κ1) is 7.68. The molecule has 1 nitrogen and oxygen atoms in total. The van der Waals surface area contributed by atoms with Gasteiger partial charge in [-0.1, -0.05) is 12.1 Å². The van der Waals surface area contributed by atoms with E-state index in [2.05, 4.69) is 0 Å². The Bertz CT molecular complexity index is 313. The lowest BCUT2D eigenvalue weighted by molar-refractivity contribution is 0.305. The van der Waals surface area contributed by atoms with Crippen molar-refractivity contribution in [2.75, 3.05) is 0 Å². The van der Waals surface area contributed by atoms with E-state index in [0.29, 0.717) is 12.0 Å². The largest absolute Gasteiger partial charge is 0.325 e. The summed E-state index contributed by atoms with van der Waals surface area (Å²) in [7, 11) is 0. The van der Waals surface area contributed by atoms with Crippen molar-refractivity contribution in [1.82, 2.24) is 0 Å². The van der Waals surface area contributed by atoms with Gasteiger partial charge < -0.3 is 5.73 Å². The molecule has 2 rings (SSSR count). The Hall–Kier alpha value is -0.960. The maximum atomic E-state index is 13.5. The number of rotatable bonds is 1. The topological polar surface area (TPSA) is 26.0 Å². The minimum atomic E-state index is -1.47. The Labute approximate surface area is 69.2 Å². The molecule has 1 saturated carbocycles. The molecule has 1 aromatic rings. The van der Waals surface area contributed by atoms with Crippen molar-refractivity contribution in [3.05, 3.63) is 35.6 Å². The van der Waals surface area contributed by atoms with Crippen LogP contribution in [0.2, 0.25) is 0 Å². The van der Waals surface area contributed by atoms with Gasteiger partial charge in [0.1, 0.15) is 5.82 Å². The molecule has 1 aliphatic carbocycles. The second-order valence-corrected chi connectivity index (χ2v) is 3.18. The predicted molar refractivity (Wildman–Crippen MR) is 41.8 cm³/mol. The third-order valence-electron chi connectivity index (χ3n) is 2.25. The highest BCUT2D eigenvalue weighted by Gasteiger charge is 2.54. The lowest BCUT2D eigenvalue weighted by Crippen LogP contribution is -2.13. The van der Waals surface area contributed by atoms with Crippen LogP contribution in [0.25, 0.3) is 0 Å². The normalized spacial score (nSPS) is 33.4. The minimum absolute atomic E-state index is 0.302. The highest BCUT2D eigenvalue weighted by Crippen LogP contribution is 2.48. The van der Waals surface area contributed by atoms with Gasteiger partial charge in [-0.05, 0) is 17.7 Å². The molecule has 1 fully saturated rings. The van der Waals surface area contributed by atoms with Crippen LogP contribution in [-0.2, 0) is 5.67 Å². The van der Waals surface area contributed by atoms with Crippen molar-refractivity contribution in [3.63, 3.8) is 0 Å². The van der Waals surface area contributed by atoms with Crippen LogP contribution in [0.4, 0.5) is 8.78 Å². The van der Waals surface area contributed by atoms with Crippen LogP contribution in [0.15, 0.2) is 24.3 Å². The average Bonchev–Trinajstić information content (AvgIpc) is 2.61. The molecule has 0 radical (unpaired) electrons. The molecule has 0 amide bonds. The maximum absolute atomic E-state index is 13.5. The summed E-state index contributed by atoms with van der Waals surface area (Å²) in [5.74, 6) is -0.413. The van der Waals surface area contributed by atoms with Gasteiger partial charge in [-0.15, -0.1) is 0 Å². The molecule has 1 aromatic carbocycles. The van der Waals surface area contributed by atoms with Crippen LogP contribution in [0.5, 0.6) is 0 Å². The molecule has 64 valence electrons. The summed E-state index contributed by atoms with van der Waals surface area (Å²) in [6.45, 7) is 0. The van der Waals surface area contributed by atoms with E-state index in [-0.39, 0.29) is 0 Å². The molecule has 0 bridgehead atoms. The van der Waals surface area contributed by atoms with E-state index in [1.165, 1.54) is 18.2 Å². The second-order valence-electron chi connectivity index (χ2n) is 3.18. The monoisotopic (exact) mass is 169 g/mol. The Morgan fingerprint density at radius 3 is 2.67 bits per heavy atom. The van der Waals surface area contributed by atoms with Gasteiger partial charge >= 0.3 is 0 Å². The number of alkyl halides is 1. The van der Waals surface area contributed by atoms with Crippen molar-refractivity contribution in [2.24, 2.45) is 5.73 Å². The number of halogens is 2. The van der Waals surface area contributed by atoms with Crippen LogP contribution in [0, 0.1) is 5.82 Å². The van der Waals surface area contributed by atoms with Gasteiger partial charge in [0.05, 0.1) is 0 Å². The fourth-order valence-electron chi connectivity index (χ4n) is 1.34. The van der Waals surface area contributed by atoms with E-state index in [1.807, 2.05) is 0 Å². The highest BCUT2D eigenvalue weighted by atomic mass is 19.1. The summed E-state index contributed by atoms with van der Waals surface area (Å²) >= 11 is 0. The van der Waals surface area contributed by atoms with Crippen LogP contribution in [0.3, 0.4) is 0 Å². The summed E-state index contributed by atoms with van der Waals surface area (Å²) in [4.78, 5) is 0. The van der Waals surface area contributed by atoms with Crippen LogP contribution in [-0.4, -0.2) is 6.04 Å². The van der Waals surface area contributed by atoms with Crippen molar-refractivity contribution in [2.45, 2.75) is 18.1 Å². The molecule has 3 heteroatoms. The molecular weight excluding hydrogens is 160 g/mol. The predicted octanol–water partition coefficient (Wildman–Crippen LogP) is 1.72. The van der Waals surface area contributed by atoms with E-state index < -0.39 is 17.5 Å². The zero-order valence-corrected chi connectivity index (χ0v) is 6.43. The number of nitrogens with two attached hydrogens (primary N) is 1. The first-order chi connectivity index (χ1) is 5.63. The van der Waals surface area contributed by atoms with Gasteiger partial charge in [0.25, 0.3) is 0 Å². The molecule has 2 atom stereocenters. The van der Waals surface area contributed by atoms with Crippen LogP contribution >= 0.6 is 0 Å². The summed E-state index contributed by atoms with van der Waals surface area (Å²) < 4.78 is 26.2.